The average Bonchev–Trinajstić information content (AvgIpc) is 2.89. The molecule has 0 N–H and O–H groups in total. The van der Waals surface area contributed by atoms with Gasteiger partial charge in [-0.1, -0.05) is 6.07 Å². The lowest BCUT2D eigenvalue weighted by molar-refractivity contribution is 0.0525. The number of hydrogen-bond donors (Lipinski definition) is 0. The Morgan fingerprint density at radius 3 is 2.94 bits per heavy atom. The van der Waals surface area contributed by atoms with Crippen molar-refractivity contribution in [3.8, 4) is 5.69 Å². The first kappa shape index (κ1) is 11.1. The van der Waals surface area contributed by atoms with Crippen LogP contribution in [-0.2, 0) is 11.2 Å². The van der Waals surface area contributed by atoms with E-state index in [1.165, 1.54) is 11.4 Å². The Labute approximate surface area is 106 Å². The van der Waals surface area contributed by atoms with Crippen LogP contribution in [0.25, 0.3) is 5.69 Å². The zero-order valence-electron chi connectivity index (χ0n) is 10.6. The number of fused-ring (bicyclic) bond motifs is 3. The SMILES string of the molecule is CCOC(=O)c1cccc2c1Cc1ccc(C)n1-2. The molecule has 0 spiro atoms. The normalized spacial score (nSPS) is 12.1. The zero-order valence-corrected chi connectivity index (χ0v) is 10.6. The fourth-order valence-electron chi connectivity index (χ4n) is 2.63. The van der Waals surface area contributed by atoms with Gasteiger partial charge in [-0.3, -0.25) is 0 Å². The summed E-state index contributed by atoms with van der Waals surface area (Å²) in [6.45, 7) is 4.32. The van der Waals surface area contributed by atoms with Crippen LogP contribution in [0.2, 0.25) is 0 Å². The third-order valence-corrected chi connectivity index (χ3v) is 3.40. The topological polar surface area (TPSA) is 31.2 Å². The summed E-state index contributed by atoms with van der Waals surface area (Å²) in [5, 5.41) is 0. The van der Waals surface area contributed by atoms with Crippen molar-refractivity contribution in [2.24, 2.45) is 0 Å². The molecule has 1 aromatic carbocycles. The van der Waals surface area contributed by atoms with Gasteiger partial charge < -0.3 is 9.30 Å². The van der Waals surface area contributed by atoms with E-state index in [9.17, 15) is 4.79 Å². The Hall–Kier alpha value is -2.03. The fraction of sp³-hybridized carbons (Fsp3) is 0.267. The summed E-state index contributed by atoms with van der Waals surface area (Å²) in [6.07, 6.45) is 0.804. The lowest BCUT2D eigenvalue weighted by Crippen LogP contribution is -2.08. The molecule has 92 valence electrons. The smallest absolute Gasteiger partial charge is 0.338 e. The molecule has 18 heavy (non-hydrogen) atoms. The number of aromatic nitrogens is 1. The van der Waals surface area contributed by atoms with Crippen LogP contribution in [0, 0.1) is 6.92 Å². The monoisotopic (exact) mass is 241 g/mol. The molecule has 0 aliphatic carbocycles. The Balaban J connectivity index is 2.13. The molecule has 0 saturated carbocycles. The minimum atomic E-state index is -0.224. The van der Waals surface area contributed by atoms with E-state index in [1.807, 2.05) is 19.1 Å². The third-order valence-electron chi connectivity index (χ3n) is 3.40. The van der Waals surface area contributed by atoms with Gasteiger partial charge in [0.05, 0.1) is 12.2 Å². The van der Waals surface area contributed by atoms with Crippen LogP contribution in [0.4, 0.5) is 0 Å². The number of carbonyl (C=O) groups is 1. The number of hydrogen-bond acceptors (Lipinski definition) is 2. The van der Waals surface area contributed by atoms with Gasteiger partial charge in [0.1, 0.15) is 0 Å². The summed E-state index contributed by atoms with van der Waals surface area (Å²) in [6, 6.07) is 10.0. The molecule has 2 aromatic rings. The number of carbonyl (C=O) groups excluding carboxylic acids is 1. The van der Waals surface area contributed by atoms with Crippen molar-refractivity contribution in [1.82, 2.24) is 4.57 Å². The molecule has 0 atom stereocenters. The number of nitrogens with zero attached hydrogens (tertiary/aromatic N) is 1. The van der Waals surface area contributed by atoms with Crippen molar-refractivity contribution in [3.63, 3.8) is 0 Å². The second-order valence-corrected chi connectivity index (χ2v) is 4.50. The van der Waals surface area contributed by atoms with E-state index in [4.69, 9.17) is 4.74 Å². The van der Waals surface area contributed by atoms with Crippen molar-refractivity contribution >= 4 is 5.97 Å². The fourth-order valence-corrected chi connectivity index (χ4v) is 2.63. The van der Waals surface area contributed by atoms with Gasteiger partial charge in [-0.15, -0.1) is 0 Å². The highest BCUT2D eigenvalue weighted by molar-refractivity contribution is 5.92. The van der Waals surface area contributed by atoms with Crippen LogP contribution in [0.5, 0.6) is 0 Å². The number of aryl methyl sites for hydroxylation is 1. The average molecular weight is 241 g/mol. The molecular formula is C15H15NO2. The Bertz CT molecular complexity index is 625. The lowest BCUT2D eigenvalue weighted by Gasteiger charge is -2.09. The molecule has 1 aromatic heterocycles. The maximum atomic E-state index is 11.9. The summed E-state index contributed by atoms with van der Waals surface area (Å²) in [5.41, 5.74) is 5.31. The first-order chi connectivity index (χ1) is 8.72. The predicted octanol–water partition coefficient (Wildman–Crippen LogP) is 2.87. The van der Waals surface area contributed by atoms with E-state index < -0.39 is 0 Å². The Morgan fingerprint density at radius 1 is 1.33 bits per heavy atom. The second kappa shape index (κ2) is 4.02. The highest BCUT2D eigenvalue weighted by Crippen LogP contribution is 2.32. The van der Waals surface area contributed by atoms with E-state index >= 15 is 0 Å². The van der Waals surface area contributed by atoms with Crippen molar-refractivity contribution in [2.45, 2.75) is 20.3 Å². The molecule has 0 fully saturated rings. The molecule has 3 nitrogen and oxygen atoms in total. The van der Waals surface area contributed by atoms with Gasteiger partial charge in [0, 0.05) is 23.5 Å². The van der Waals surface area contributed by atoms with Gasteiger partial charge >= 0.3 is 5.97 Å². The molecule has 1 aliphatic rings. The maximum absolute atomic E-state index is 11.9. The predicted molar refractivity (Wildman–Crippen MR) is 69.3 cm³/mol. The van der Waals surface area contributed by atoms with Crippen molar-refractivity contribution in [1.29, 1.82) is 0 Å². The zero-order chi connectivity index (χ0) is 12.7. The maximum Gasteiger partial charge on any atom is 0.338 e. The molecule has 3 rings (SSSR count). The minimum Gasteiger partial charge on any atom is -0.462 e. The van der Waals surface area contributed by atoms with Crippen LogP contribution in [-0.4, -0.2) is 17.1 Å². The first-order valence-corrected chi connectivity index (χ1v) is 6.19. The van der Waals surface area contributed by atoms with E-state index in [-0.39, 0.29) is 5.97 Å². The van der Waals surface area contributed by atoms with Gasteiger partial charge in [-0.05, 0) is 43.7 Å². The van der Waals surface area contributed by atoms with Crippen LogP contribution in [0.15, 0.2) is 30.3 Å². The van der Waals surface area contributed by atoms with Gasteiger partial charge in [-0.2, -0.15) is 0 Å². The Kier molecular flexibility index (Phi) is 2.47. The van der Waals surface area contributed by atoms with Crippen LogP contribution in [0.3, 0.4) is 0 Å². The van der Waals surface area contributed by atoms with Crippen molar-refractivity contribution < 1.29 is 9.53 Å². The highest BCUT2D eigenvalue weighted by atomic mass is 16.5. The number of rotatable bonds is 2. The van der Waals surface area contributed by atoms with Crippen molar-refractivity contribution in [2.75, 3.05) is 6.61 Å². The summed E-state index contributed by atoms with van der Waals surface area (Å²) in [5.74, 6) is -0.224. The standard InChI is InChI=1S/C15H15NO2/c1-3-18-15(17)12-5-4-6-14-13(12)9-11-8-7-10(2)16(11)14/h4-8H,3,9H2,1-2H3. The summed E-state index contributed by atoms with van der Waals surface area (Å²) < 4.78 is 7.32. The lowest BCUT2D eigenvalue weighted by atomic mass is 10.0. The third kappa shape index (κ3) is 1.47. The van der Waals surface area contributed by atoms with Gasteiger partial charge in [0.25, 0.3) is 0 Å². The summed E-state index contributed by atoms with van der Waals surface area (Å²) >= 11 is 0. The minimum absolute atomic E-state index is 0.224. The quantitative estimate of drug-likeness (QED) is 0.646. The second-order valence-electron chi connectivity index (χ2n) is 4.50. The molecular weight excluding hydrogens is 226 g/mol. The van der Waals surface area contributed by atoms with Crippen LogP contribution >= 0.6 is 0 Å². The molecule has 0 radical (unpaired) electrons. The van der Waals surface area contributed by atoms with E-state index in [2.05, 4.69) is 29.7 Å². The highest BCUT2D eigenvalue weighted by Gasteiger charge is 2.24. The molecule has 1 aliphatic heterocycles. The molecule has 0 bridgehead atoms. The van der Waals surface area contributed by atoms with Crippen LogP contribution < -0.4 is 0 Å². The number of ether oxygens (including phenoxy) is 1. The molecule has 2 heterocycles. The largest absolute Gasteiger partial charge is 0.462 e. The van der Waals surface area contributed by atoms with Crippen LogP contribution in [0.1, 0.15) is 34.2 Å². The van der Waals surface area contributed by atoms with Crippen molar-refractivity contribution in [3.05, 3.63) is 52.8 Å². The van der Waals surface area contributed by atoms with Gasteiger partial charge in [-0.25, -0.2) is 4.79 Å². The molecule has 0 unspecified atom stereocenters. The number of esters is 1. The Morgan fingerprint density at radius 2 is 2.17 bits per heavy atom. The summed E-state index contributed by atoms with van der Waals surface area (Å²) in [7, 11) is 0. The molecule has 0 amide bonds. The van der Waals surface area contributed by atoms with E-state index in [0.29, 0.717) is 12.2 Å². The van der Waals surface area contributed by atoms with Gasteiger partial charge in [0.2, 0.25) is 0 Å². The molecule has 0 saturated heterocycles. The number of benzene rings is 1. The van der Waals surface area contributed by atoms with E-state index in [0.717, 1.165) is 17.7 Å². The van der Waals surface area contributed by atoms with Gasteiger partial charge in [0.15, 0.2) is 0 Å². The first-order valence-electron chi connectivity index (χ1n) is 6.19. The summed E-state index contributed by atoms with van der Waals surface area (Å²) in [4.78, 5) is 11.9. The van der Waals surface area contributed by atoms with E-state index in [1.54, 1.807) is 0 Å². The molecule has 3 heteroatoms.